The summed E-state index contributed by atoms with van der Waals surface area (Å²) in [6.45, 7) is 1.80. The number of hydrogen-bond donors (Lipinski definition) is 4. The zero-order valence-electron chi connectivity index (χ0n) is 9.27. The predicted molar refractivity (Wildman–Crippen MR) is 57.0 cm³/mol. The molecule has 3 atom stereocenters. The Morgan fingerprint density at radius 3 is 2.62 bits per heavy atom. The summed E-state index contributed by atoms with van der Waals surface area (Å²) in [6, 6.07) is -0.263. The van der Waals surface area contributed by atoms with Crippen LogP contribution < -0.4 is 10.6 Å². The van der Waals surface area contributed by atoms with Gasteiger partial charge in [-0.25, -0.2) is 9.59 Å². The minimum Gasteiger partial charge on any atom is -0.479 e. The number of rotatable bonds is 4. The molecular formula is C10H18N2O4. The lowest BCUT2D eigenvalue weighted by Crippen LogP contribution is -2.46. The smallest absolute Gasteiger partial charge is 0.334 e. The molecule has 2 amide bonds. The van der Waals surface area contributed by atoms with Crippen LogP contribution in [0.5, 0.6) is 0 Å². The van der Waals surface area contributed by atoms with Gasteiger partial charge in [-0.15, -0.1) is 0 Å². The number of nitrogens with one attached hydrogen (secondary N) is 2. The van der Waals surface area contributed by atoms with Crippen LogP contribution in [0.25, 0.3) is 0 Å². The van der Waals surface area contributed by atoms with Gasteiger partial charge in [-0.1, -0.05) is 13.3 Å². The Kier molecular flexibility index (Phi) is 4.54. The van der Waals surface area contributed by atoms with Gasteiger partial charge in [0.15, 0.2) is 6.10 Å². The molecule has 0 bridgehead atoms. The van der Waals surface area contributed by atoms with Gasteiger partial charge in [-0.2, -0.15) is 0 Å². The summed E-state index contributed by atoms with van der Waals surface area (Å²) >= 11 is 0. The fourth-order valence-electron chi connectivity index (χ4n) is 1.86. The third kappa shape index (κ3) is 3.69. The molecule has 1 aliphatic carbocycles. The second-order valence-electron chi connectivity index (χ2n) is 4.22. The number of urea groups is 1. The summed E-state index contributed by atoms with van der Waals surface area (Å²) in [4.78, 5) is 21.6. The number of hydrogen-bond acceptors (Lipinski definition) is 3. The predicted octanol–water partition coefficient (Wildman–Crippen LogP) is -0.0803. The fourth-order valence-corrected chi connectivity index (χ4v) is 1.86. The molecule has 0 aromatic heterocycles. The van der Waals surface area contributed by atoms with Gasteiger partial charge < -0.3 is 20.8 Å². The number of carbonyl (C=O) groups excluding carboxylic acids is 1. The van der Waals surface area contributed by atoms with E-state index in [1.807, 2.05) is 0 Å². The lowest BCUT2D eigenvalue weighted by molar-refractivity contribution is -0.146. The van der Waals surface area contributed by atoms with Crippen LogP contribution in [0.3, 0.4) is 0 Å². The van der Waals surface area contributed by atoms with E-state index in [2.05, 4.69) is 17.6 Å². The second kappa shape index (κ2) is 5.69. The van der Waals surface area contributed by atoms with Crippen molar-refractivity contribution >= 4 is 12.0 Å². The summed E-state index contributed by atoms with van der Waals surface area (Å²) in [5.41, 5.74) is 0. The SMILES string of the molecule is CC1CCCC1NC(=O)NCC(O)C(=O)O. The van der Waals surface area contributed by atoms with Gasteiger partial charge in [0.2, 0.25) is 0 Å². The van der Waals surface area contributed by atoms with E-state index < -0.39 is 18.1 Å². The molecule has 0 aliphatic heterocycles. The highest BCUT2D eigenvalue weighted by Crippen LogP contribution is 2.24. The van der Waals surface area contributed by atoms with Gasteiger partial charge in [-0.05, 0) is 18.8 Å². The van der Waals surface area contributed by atoms with Crippen molar-refractivity contribution in [2.24, 2.45) is 5.92 Å². The molecule has 0 aromatic rings. The molecule has 0 spiro atoms. The first kappa shape index (κ1) is 12.8. The Morgan fingerprint density at radius 1 is 1.44 bits per heavy atom. The molecule has 0 heterocycles. The maximum Gasteiger partial charge on any atom is 0.334 e. The second-order valence-corrected chi connectivity index (χ2v) is 4.22. The number of carboxylic acids is 1. The molecule has 0 aromatic carbocycles. The van der Waals surface area contributed by atoms with E-state index >= 15 is 0 Å². The molecule has 1 aliphatic rings. The minimum absolute atomic E-state index is 0.155. The largest absolute Gasteiger partial charge is 0.479 e. The highest BCUT2D eigenvalue weighted by molar-refractivity contribution is 5.76. The molecule has 1 rings (SSSR count). The number of amides is 2. The van der Waals surface area contributed by atoms with Crippen molar-refractivity contribution in [3.63, 3.8) is 0 Å². The van der Waals surface area contributed by atoms with Gasteiger partial charge in [-0.3, -0.25) is 0 Å². The normalized spacial score (nSPS) is 26.1. The van der Waals surface area contributed by atoms with Crippen molar-refractivity contribution in [2.45, 2.75) is 38.3 Å². The molecule has 6 nitrogen and oxygen atoms in total. The van der Waals surface area contributed by atoms with E-state index in [1.54, 1.807) is 0 Å². The van der Waals surface area contributed by atoms with E-state index in [-0.39, 0.29) is 12.6 Å². The first-order chi connectivity index (χ1) is 7.50. The van der Waals surface area contributed by atoms with Crippen LogP contribution in [0, 0.1) is 5.92 Å². The monoisotopic (exact) mass is 230 g/mol. The third-order valence-electron chi connectivity index (χ3n) is 2.92. The summed E-state index contributed by atoms with van der Waals surface area (Å²) < 4.78 is 0. The molecule has 1 saturated carbocycles. The zero-order valence-corrected chi connectivity index (χ0v) is 9.27. The fraction of sp³-hybridized carbons (Fsp3) is 0.800. The maximum absolute atomic E-state index is 11.3. The van der Waals surface area contributed by atoms with Crippen LogP contribution in [-0.4, -0.2) is 40.9 Å². The number of carbonyl (C=O) groups is 2. The van der Waals surface area contributed by atoms with E-state index in [4.69, 9.17) is 10.2 Å². The van der Waals surface area contributed by atoms with Gasteiger partial charge in [0.05, 0.1) is 6.54 Å². The summed E-state index contributed by atoms with van der Waals surface area (Å²) in [6.07, 6.45) is 1.61. The number of aliphatic hydroxyl groups excluding tert-OH is 1. The Hall–Kier alpha value is -1.30. The molecule has 3 unspecified atom stereocenters. The molecule has 6 heteroatoms. The highest BCUT2D eigenvalue weighted by atomic mass is 16.4. The minimum atomic E-state index is -1.55. The lowest BCUT2D eigenvalue weighted by Gasteiger charge is -2.18. The van der Waals surface area contributed by atoms with Crippen molar-refractivity contribution in [2.75, 3.05) is 6.54 Å². The molecule has 16 heavy (non-hydrogen) atoms. The van der Waals surface area contributed by atoms with Crippen molar-refractivity contribution in [1.29, 1.82) is 0 Å². The topological polar surface area (TPSA) is 98.7 Å². The van der Waals surface area contributed by atoms with Crippen molar-refractivity contribution in [3.05, 3.63) is 0 Å². The standard InChI is InChI=1S/C10H18N2O4/c1-6-3-2-4-7(6)12-10(16)11-5-8(13)9(14)15/h6-8,13H,2-5H2,1H3,(H,14,15)(H2,11,12,16). The van der Waals surface area contributed by atoms with Crippen LogP contribution in [0.1, 0.15) is 26.2 Å². The van der Waals surface area contributed by atoms with Crippen LogP contribution in [0.4, 0.5) is 4.79 Å². The molecule has 92 valence electrons. The van der Waals surface area contributed by atoms with Gasteiger partial charge >= 0.3 is 12.0 Å². The Bertz CT molecular complexity index is 270. The average Bonchev–Trinajstić information content (AvgIpc) is 2.60. The number of carboxylic acid groups (broad SMARTS) is 1. The Balaban J connectivity index is 2.23. The lowest BCUT2D eigenvalue weighted by atomic mass is 10.1. The molecular weight excluding hydrogens is 212 g/mol. The van der Waals surface area contributed by atoms with Gasteiger partial charge in [0.25, 0.3) is 0 Å². The van der Waals surface area contributed by atoms with E-state index in [9.17, 15) is 9.59 Å². The van der Waals surface area contributed by atoms with Crippen LogP contribution >= 0.6 is 0 Å². The highest BCUT2D eigenvalue weighted by Gasteiger charge is 2.25. The van der Waals surface area contributed by atoms with Crippen molar-refractivity contribution in [3.8, 4) is 0 Å². The third-order valence-corrected chi connectivity index (χ3v) is 2.92. The van der Waals surface area contributed by atoms with Crippen LogP contribution in [0.2, 0.25) is 0 Å². The number of aliphatic hydroxyl groups is 1. The van der Waals surface area contributed by atoms with Crippen LogP contribution in [0.15, 0.2) is 0 Å². The van der Waals surface area contributed by atoms with E-state index in [1.165, 1.54) is 0 Å². The summed E-state index contributed by atoms with van der Waals surface area (Å²) in [5.74, 6) is -0.885. The Labute approximate surface area is 94.0 Å². The maximum atomic E-state index is 11.3. The quantitative estimate of drug-likeness (QED) is 0.543. The van der Waals surface area contributed by atoms with Gasteiger partial charge in [0.1, 0.15) is 0 Å². The van der Waals surface area contributed by atoms with Crippen molar-refractivity contribution in [1.82, 2.24) is 10.6 Å². The summed E-state index contributed by atoms with van der Waals surface area (Å²) in [5, 5.41) is 22.4. The zero-order chi connectivity index (χ0) is 12.1. The molecule has 1 fully saturated rings. The first-order valence-corrected chi connectivity index (χ1v) is 5.46. The van der Waals surface area contributed by atoms with Gasteiger partial charge in [0, 0.05) is 6.04 Å². The van der Waals surface area contributed by atoms with Crippen molar-refractivity contribution < 1.29 is 19.8 Å². The molecule has 0 radical (unpaired) electrons. The first-order valence-electron chi connectivity index (χ1n) is 5.46. The average molecular weight is 230 g/mol. The van der Waals surface area contributed by atoms with E-state index in [0.717, 1.165) is 19.3 Å². The Morgan fingerprint density at radius 2 is 2.12 bits per heavy atom. The molecule has 4 N–H and O–H groups in total. The van der Waals surface area contributed by atoms with Crippen LogP contribution in [-0.2, 0) is 4.79 Å². The summed E-state index contributed by atoms with van der Waals surface area (Å²) in [7, 11) is 0. The van der Waals surface area contributed by atoms with E-state index in [0.29, 0.717) is 5.92 Å². The number of aliphatic carboxylic acids is 1. The molecule has 0 saturated heterocycles.